The predicted molar refractivity (Wildman–Crippen MR) is 120 cm³/mol. The molecule has 0 atom stereocenters. The van der Waals surface area contributed by atoms with Gasteiger partial charge in [-0.1, -0.05) is 36.0 Å². The van der Waals surface area contributed by atoms with E-state index in [1.807, 2.05) is 52.0 Å². The first-order chi connectivity index (χ1) is 13.9. The largest absolute Gasteiger partial charge is 0.268 e. The molecule has 0 saturated carbocycles. The van der Waals surface area contributed by atoms with E-state index >= 15 is 0 Å². The van der Waals surface area contributed by atoms with Crippen LogP contribution in [0.25, 0.3) is 15.9 Å². The van der Waals surface area contributed by atoms with Crippen LogP contribution < -0.4 is 5.56 Å². The van der Waals surface area contributed by atoms with Gasteiger partial charge in [-0.3, -0.25) is 9.36 Å². The Hall–Kier alpha value is -2.44. The van der Waals surface area contributed by atoms with Crippen LogP contribution in [0.2, 0.25) is 0 Å². The summed E-state index contributed by atoms with van der Waals surface area (Å²) >= 11 is 2.91. The summed E-state index contributed by atoms with van der Waals surface area (Å²) in [7, 11) is 0. The highest BCUT2D eigenvalue weighted by Crippen LogP contribution is 2.31. The topological polar surface area (TPSA) is 34.9 Å². The van der Waals surface area contributed by atoms with Gasteiger partial charge in [-0.05, 0) is 68.1 Å². The van der Waals surface area contributed by atoms with Crippen LogP contribution in [0.3, 0.4) is 0 Å². The molecule has 0 amide bonds. The van der Waals surface area contributed by atoms with Gasteiger partial charge in [0, 0.05) is 10.6 Å². The molecular formula is C23H21FN2OS2. The first kappa shape index (κ1) is 19.9. The van der Waals surface area contributed by atoms with Crippen molar-refractivity contribution in [2.75, 3.05) is 0 Å². The molecule has 0 N–H and O–H groups in total. The third-order valence-corrected chi connectivity index (χ3v) is 7.32. The molecular weight excluding hydrogens is 403 g/mol. The van der Waals surface area contributed by atoms with Gasteiger partial charge >= 0.3 is 0 Å². The van der Waals surface area contributed by atoms with Crippen molar-refractivity contribution in [1.29, 1.82) is 0 Å². The van der Waals surface area contributed by atoms with Crippen LogP contribution in [0.1, 0.15) is 27.1 Å². The number of hydrogen-bond acceptors (Lipinski definition) is 4. The van der Waals surface area contributed by atoms with Crippen LogP contribution in [0, 0.1) is 33.5 Å². The van der Waals surface area contributed by atoms with Gasteiger partial charge in [0.05, 0.1) is 11.1 Å². The van der Waals surface area contributed by atoms with Gasteiger partial charge in [0.15, 0.2) is 5.16 Å². The minimum atomic E-state index is -0.246. The maximum absolute atomic E-state index is 14.1. The summed E-state index contributed by atoms with van der Waals surface area (Å²) < 4.78 is 15.8. The standard InChI is InChI=1S/C23H21FN2OS2/c1-13-9-10-18(11-14(13)2)26-22(27)20-15(3)16(4)29-21(20)25-23(26)28-12-17-7-5-6-8-19(17)24/h5-11H,12H2,1-4H3. The maximum Gasteiger partial charge on any atom is 0.267 e. The Morgan fingerprint density at radius 2 is 1.83 bits per heavy atom. The number of rotatable bonds is 4. The van der Waals surface area contributed by atoms with E-state index in [2.05, 4.69) is 0 Å². The number of thioether (sulfide) groups is 1. The molecule has 0 aliphatic heterocycles. The van der Waals surface area contributed by atoms with Crippen molar-refractivity contribution >= 4 is 33.3 Å². The summed E-state index contributed by atoms with van der Waals surface area (Å²) in [5.74, 6) is 0.155. The van der Waals surface area contributed by atoms with Gasteiger partial charge < -0.3 is 0 Å². The van der Waals surface area contributed by atoms with Gasteiger partial charge in [-0.2, -0.15) is 0 Å². The molecule has 29 heavy (non-hydrogen) atoms. The molecule has 0 radical (unpaired) electrons. The van der Waals surface area contributed by atoms with E-state index in [1.165, 1.54) is 34.7 Å². The molecule has 2 aromatic carbocycles. The van der Waals surface area contributed by atoms with E-state index in [1.54, 1.807) is 16.7 Å². The van der Waals surface area contributed by atoms with E-state index in [-0.39, 0.29) is 11.4 Å². The van der Waals surface area contributed by atoms with Crippen molar-refractivity contribution in [1.82, 2.24) is 9.55 Å². The average molecular weight is 425 g/mol. The molecule has 0 saturated heterocycles. The van der Waals surface area contributed by atoms with E-state index in [0.717, 1.165) is 26.5 Å². The van der Waals surface area contributed by atoms with Gasteiger partial charge in [-0.25, -0.2) is 9.37 Å². The van der Waals surface area contributed by atoms with Crippen molar-refractivity contribution in [2.45, 2.75) is 38.6 Å². The minimum absolute atomic E-state index is 0.0730. The molecule has 2 heterocycles. The second-order valence-electron chi connectivity index (χ2n) is 7.15. The van der Waals surface area contributed by atoms with Crippen LogP contribution in [-0.4, -0.2) is 9.55 Å². The van der Waals surface area contributed by atoms with Crippen molar-refractivity contribution in [3.63, 3.8) is 0 Å². The van der Waals surface area contributed by atoms with E-state index in [0.29, 0.717) is 21.9 Å². The van der Waals surface area contributed by atoms with E-state index in [4.69, 9.17) is 4.98 Å². The molecule has 0 aliphatic carbocycles. The van der Waals surface area contributed by atoms with Gasteiger partial charge in [0.1, 0.15) is 10.6 Å². The SMILES string of the molecule is Cc1ccc(-n2c(SCc3ccccc3F)nc3sc(C)c(C)c3c2=O)cc1C. The smallest absolute Gasteiger partial charge is 0.267 e. The number of aryl methyl sites for hydroxylation is 4. The molecule has 3 nitrogen and oxygen atoms in total. The Balaban J connectivity index is 1.90. The predicted octanol–water partition coefficient (Wildman–Crippen LogP) is 6.11. The Labute approximate surface area is 177 Å². The first-order valence-electron chi connectivity index (χ1n) is 9.33. The summed E-state index contributed by atoms with van der Waals surface area (Å²) in [5, 5.41) is 1.25. The number of fused-ring (bicyclic) bond motifs is 1. The fourth-order valence-corrected chi connectivity index (χ4v) is 5.29. The molecule has 6 heteroatoms. The number of halogens is 1. The molecule has 0 unspecified atom stereocenters. The highest BCUT2D eigenvalue weighted by molar-refractivity contribution is 7.98. The molecule has 0 bridgehead atoms. The molecule has 2 aromatic heterocycles. The number of aromatic nitrogens is 2. The third kappa shape index (κ3) is 3.63. The lowest BCUT2D eigenvalue weighted by atomic mass is 10.1. The average Bonchev–Trinajstić information content (AvgIpc) is 2.97. The van der Waals surface area contributed by atoms with Crippen molar-refractivity contribution < 1.29 is 4.39 Å². The number of benzene rings is 2. The lowest BCUT2D eigenvalue weighted by molar-refractivity contribution is 0.617. The zero-order chi connectivity index (χ0) is 20.7. The highest BCUT2D eigenvalue weighted by Gasteiger charge is 2.18. The number of hydrogen-bond donors (Lipinski definition) is 0. The molecule has 0 spiro atoms. The Morgan fingerprint density at radius 3 is 2.55 bits per heavy atom. The summed E-state index contributed by atoms with van der Waals surface area (Å²) in [6, 6.07) is 12.7. The zero-order valence-corrected chi connectivity index (χ0v) is 18.4. The summed E-state index contributed by atoms with van der Waals surface area (Å²) in [6.45, 7) is 8.05. The summed E-state index contributed by atoms with van der Waals surface area (Å²) in [5.41, 5.74) is 4.56. The van der Waals surface area contributed by atoms with Crippen molar-refractivity contribution in [3.05, 3.63) is 85.8 Å². The number of nitrogens with zero attached hydrogens (tertiary/aromatic N) is 2. The third-order valence-electron chi connectivity index (χ3n) is 5.24. The minimum Gasteiger partial charge on any atom is -0.268 e. The Kier molecular flexibility index (Phi) is 5.32. The van der Waals surface area contributed by atoms with Gasteiger partial charge in [0.25, 0.3) is 5.56 Å². The highest BCUT2D eigenvalue weighted by atomic mass is 32.2. The van der Waals surface area contributed by atoms with Crippen LogP contribution in [0.15, 0.2) is 52.4 Å². The lowest BCUT2D eigenvalue weighted by Crippen LogP contribution is -2.21. The fraction of sp³-hybridized carbons (Fsp3) is 0.217. The van der Waals surface area contributed by atoms with Crippen LogP contribution in [0.5, 0.6) is 0 Å². The monoisotopic (exact) mass is 424 g/mol. The maximum atomic E-state index is 14.1. The first-order valence-corrected chi connectivity index (χ1v) is 11.1. The fourth-order valence-electron chi connectivity index (χ4n) is 3.22. The van der Waals surface area contributed by atoms with Crippen molar-refractivity contribution in [3.8, 4) is 5.69 Å². The lowest BCUT2D eigenvalue weighted by Gasteiger charge is -2.14. The summed E-state index contributed by atoms with van der Waals surface area (Å²) in [4.78, 5) is 20.1. The molecule has 0 fully saturated rings. The van der Waals surface area contributed by atoms with Gasteiger partial charge in [-0.15, -0.1) is 11.3 Å². The quantitative estimate of drug-likeness (QED) is 0.293. The zero-order valence-electron chi connectivity index (χ0n) is 16.7. The second-order valence-corrected chi connectivity index (χ2v) is 9.29. The van der Waals surface area contributed by atoms with Gasteiger partial charge in [0.2, 0.25) is 0 Å². The van der Waals surface area contributed by atoms with E-state index < -0.39 is 0 Å². The van der Waals surface area contributed by atoms with Crippen LogP contribution in [0.4, 0.5) is 4.39 Å². The normalized spacial score (nSPS) is 11.3. The molecule has 4 rings (SSSR count). The van der Waals surface area contributed by atoms with Crippen LogP contribution in [-0.2, 0) is 5.75 Å². The summed E-state index contributed by atoms with van der Waals surface area (Å²) in [6.07, 6.45) is 0. The Morgan fingerprint density at radius 1 is 1.07 bits per heavy atom. The molecule has 0 aliphatic rings. The Bertz CT molecular complexity index is 1290. The van der Waals surface area contributed by atoms with Crippen molar-refractivity contribution in [2.24, 2.45) is 0 Å². The van der Waals surface area contributed by atoms with Crippen LogP contribution >= 0.6 is 23.1 Å². The molecule has 4 aromatic rings. The molecule has 148 valence electrons. The van der Waals surface area contributed by atoms with E-state index in [9.17, 15) is 9.18 Å². The second kappa shape index (κ2) is 7.76. The number of thiophene rings is 1.